The summed E-state index contributed by atoms with van der Waals surface area (Å²) in [6.07, 6.45) is 0. The van der Waals surface area contributed by atoms with Gasteiger partial charge in [0.2, 0.25) is 0 Å². The Hall–Kier alpha value is -0.570. The van der Waals surface area contributed by atoms with Gasteiger partial charge in [0.25, 0.3) is 0 Å². The third-order valence-electron chi connectivity index (χ3n) is 3.11. The molecule has 90 valence electrons. The fourth-order valence-corrected chi connectivity index (χ4v) is 2.16. The Bertz CT molecular complexity index is 327. The molecule has 2 rings (SSSR count). The van der Waals surface area contributed by atoms with Gasteiger partial charge in [0.15, 0.2) is 0 Å². The molecule has 1 aromatic rings. The fourth-order valence-electron chi connectivity index (χ4n) is 2.16. The molecule has 1 aliphatic heterocycles. The number of piperazine rings is 1. The maximum absolute atomic E-state index is 3.42. The van der Waals surface area contributed by atoms with Gasteiger partial charge >= 0.3 is 0 Å². The van der Waals surface area contributed by atoms with Crippen LogP contribution in [0.25, 0.3) is 0 Å². The average Bonchev–Trinajstić information content (AvgIpc) is 2.22. The second-order valence-electron chi connectivity index (χ2n) is 4.51. The van der Waals surface area contributed by atoms with Gasteiger partial charge < -0.3 is 5.32 Å². The third-order valence-corrected chi connectivity index (χ3v) is 3.11. The Morgan fingerprint density at radius 3 is 2.94 bits per heavy atom. The smallest absolute Gasteiger partial charge is 0.0237 e. The lowest BCUT2D eigenvalue weighted by atomic mass is 10.1. The first-order valence-electron chi connectivity index (χ1n) is 5.76. The highest BCUT2D eigenvalue weighted by Gasteiger charge is 2.17. The number of hydrogen-bond donors (Lipinski definition) is 1. The monoisotopic (exact) mass is 240 g/mol. The molecule has 1 unspecified atom stereocenters. The van der Waals surface area contributed by atoms with Crippen molar-refractivity contribution in [1.82, 2.24) is 10.2 Å². The third kappa shape index (κ3) is 3.48. The van der Waals surface area contributed by atoms with Crippen LogP contribution in [-0.2, 0) is 6.54 Å². The minimum Gasteiger partial charge on any atom is -0.314 e. The number of aryl methyl sites for hydroxylation is 1. The van der Waals surface area contributed by atoms with Crippen molar-refractivity contribution in [2.24, 2.45) is 0 Å². The van der Waals surface area contributed by atoms with Gasteiger partial charge in [0.05, 0.1) is 0 Å². The van der Waals surface area contributed by atoms with Crippen LogP contribution in [0.15, 0.2) is 24.3 Å². The van der Waals surface area contributed by atoms with Gasteiger partial charge in [-0.15, -0.1) is 12.4 Å². The minimum absolute atomic E-state index is 0. The van der Waals surface area contributed by atoms with Crippen molar-refractivity contribution < 1.29 is 0 Å². The highest BCUT2D eigenvalue weighted by Crippen LogP contribution is 2.11. The van der Waals surface area contributed by atoms with E-state index in [-0.39, 0.29) is 12.4 Å². The van der Waals surface area contributed by atoms with Gasteiger partial charge in [-0.05, 0) is 19.4 Å². The fraction of sp³-hybridized carbons (Fsp3) is 0.538. The lowest BCUT2D eigenvalue weighted by molar-refractivity contribution is 0.165. The van der Waals surface area contributed by atoms with Gasteiger partial charge in [-0.1, -0.05) is 29.8 Å². The summed E-state index contributed by atoms with van der Waals surface area (Å²) >= 11 is 0. The van der Waals surface area contributed by atoms with Crippen LogP contribution in [0.2, 0.25) is 0 Å². The Balaban J connectivity index is 0.00000128. The maximum atomic E-state index is 3.42. The van der Waals surface area contributed by atoms with E-state index >= 15 is 0 Å². The molecule has 0 aliphatic carbocycles. The quantitative estimate of drug-likeness (QED) is 0.853. The molecular formula is C13H21ClN2. The van der Waals surface area contributed by atoms with Crippen LogP contribution in [0.4, 0.5) is 0 Å². The van der Waals surface area contributed by atoms with Crippen LogP contribution in [0.3, 0.4) is 0 Å². The van der Waals surface area contributed by atoms with E-state index < -0.39 is 0 Å². The van der Waals surface area contributed by atoms with Crippen molar-refractivity contribution >= 4 is 12.4 Å². The molecule has 1 aliphatic rings. The average molecular weight is 241 g/mol. The molecule has 1 N–H and O–H groups in total. The van der Waals surface area contributed by atoms with Crippen LogP contribution in [0.1, 0.15) is 18.1 Å². The van der Waals surface area contributed by atoms with E-state index in [0.29, 0.717) is 6.04 Å². The largest absolute Gasteiger partial charge is 0.314 e. The predicted octanol–water partition coefficient (Wildman–Crippen LogP) is 2.21. The number of hydrogen-bond acceptors (Lipinski definition) is 2. The van der Waals surface area contributed by atoms with Gasteiger partial charge in [-0.3, -0.25) is 4.90 Å². The molecule has 1 saturated heterocycles. The van der Waals surface area contributed by atoms with Crippen molar-refractivity contribution in [2.45, 2.75) is 26.4 Å². The minimum atomic E-state index is 0. The summed E-state index contributed by atoms with van der Waals surface area (Å²) in [5.74, 6) is 0. The van der Waals surface area contributed by atoms with Gasteiger partial charge in [-0.2, -0.15) is 0 Å². The second kappa shape index (κ2) is 6.24. The van der Waals surface area contributed by atoms with Crippen molar-refractivity contribution in [1.29, 1.82) is 0 Å². The van der Waals surface area contributed by atoms with Crippen LogP contribution in [0.5, 0.6) is 0 Å². The number of halogens is 1. The van der Waals surface area contributed by atoms with E-state index in [9.17, 15) is 0 Å². The Labute approximate surface area is 104 Å². The summed E-state index contributed by atoms with van der Waals surface area (Å²) in [6, 6.07) is 9.47. The number of nitrogens with one attached hydrogen (secondary N) is 1. The van der Waals surface area contributed by atoms with E-state index in [2.05, 4.69) is 48.3 Å². The van der Waals surface area contributed by atoms with Crippen molar-refractivity contribution in [2.75, 3.05) is 19.6 Å². The SMILES string of the molecule is Cc1cccc(CN2CCNCC2C)c1.Cl. The summed E-state index contributed by atoms with van der Waals surface area (Å²) in [5, 5.41) is 3.42. The Morgan fingerprint density at radius 1 is 1.44 bits per heavy atom. The predicted molar refractivity (Wildman–Crippen MR) is 71.2 cm³/mol. The lowest BCUT2D eigenvalue weighted by Gasteiger charge is -2.33. The summed E-state index contributed by atoms with van der Waals surface area (Å²) in [7, 11) is 0. The maximum Gasteiger partial charge on any atom is 0.0237 e. The van der Waals surface area contributed by atoms with E-state index in [0.717, 1.165) is 26.2 Å². The zero-order valence-corrected chi connectivity index (χ0v) is 10.9. The summed E-state index contributed by atoms with van der Waals surface area (Å²) in [5.41, 5.74) is 2.79. The van der Waals surface area contributed by atoms with Crippen LogP contribution in [0, 0.1) is 6.92 Å². The molecule has 1 heterocycles. The Kier molecular flexibility index (Phi) is 5.26. The summed E-state index contributed by atoms with van der Waals surface area (Å²) < 4.78 is 0. The van der Waals surface area contributed by atoms with E-state index in [1.165, 1.54) is 11.1 Å². The molecule has 0 amide bonds. The van der Waals surface area contributed by atoms with Crippen LogP contribution >= 0.6 is 12.4 Å². The van der Waals surface area contributed by atoms with E-state index in [1.807, 2.05) is 0 Å². The molecule has 1 fully saturated rings. The molecule has 2 nitrogen and oxygen atoms in total. The van der Waals surface area contributed by atoms with Crippen LogP contribution in [-0.4, -0.2) is 30.6 Å². The highest BCUT2D eigenvalue weighted by atomic mass is 35.5. The molecule has 0 radical (unpaired) electrons. The topological polar surface area (TPSA) is 15.3 Å². The first kappa shape index (κ1) is 13.5. The molecule has 0 saturated carbocycles. The van der Waals surface area contributed by atoms with E-state index in [1.54, 1.807) is 0 Å². The van der Waals surface area contributed by atoms with Crippen LogP contribution < -0.4 is 5.32 Å². The number of rotatable bonds is 2. The molecule has 0 aromatic heterocycles. The Morgan fingerprint density at radius 2 is 2.25 bits per heavy atom. The number of benzene rings is 1. The zero-order valence-electron chi connectivity index (χ0n) is 10.1. The second-order valence-corrected chi connectivity index (χ2v) is 4.51. The van der Waals surface area contributed by atoms with E-state index in [4.69, 9.17) is 0 Å². The zero-order chi connectivity index (χ0) is 10.7. The normalized spacial score (nSPS) is 21.5. The van der Waals surface area contributed by atoms with Crippen molar-refractivity contribution in [3.8, 4) is 0 Å². The summed E-state index contributed by atoms with van der Waals surface area (Å²) in [4.78, 5) is 2.55. The molecular weight excluding hydrogens is 220 g/mol. The molecule has 1 aromatic carbocycles. The molecule has 0 bridgehead atoms. The van der Waals surface area contributed by atoms with Gasteiger partial charge in [-0.25, -0.2) is 0 Å². The standard InChI is InChI=1S/C13H20N2.ClH/c1-11-4-3-5-13(8-11)10-15-7-6-14-9-12(15)2;/h3-5,8,12,14H,6-7,9-10H2,1-2H3;1H. The molecule has 1 atom stereocenters. The molecule has 16 heavy (non-hydrogen) atoms. The molecule has 0 spiro atoms. The highest BCUT2D eigenvalue weighted by molar-refractivity contribution is 5.85. The number of nitrogens with zero attached hydrogens (tertiary/aromatic N) is 1. The lowest BCUT2D eigenvalue weighted by Crippen LogP contribution is -2.49. The van der Waals surface area contributed by atoms with Crippen molar-refractivity contribution in [3.05, 3.63) is 35.4 Å². The molecule has 3 heteroatoms. The van der Waals surface area contributed by atoms with Gasteiger partial charge in [0.1, 0.15) is 0 Å². The van der Waals surface area contributed by atoms with Crippen molar-refractivity contribution in [3.63, 3.8) is 0 Å². The van der Waals surface area contributed by atoms with Gasteiger partial charge in [0, 0.05) is 32.2 Å². The first-order valence-corrected chi connectivity index (χ1v) is 5.76. The summed E-state index contributed by atoms with van der Waals surface area (Å²) in [6.45, 7) is 8.94. The first-order chi connectivity index (χ1) is 7.25.